The summed E-state index contributed by atoms with van der Waals surface area (Å²) in [4.78, 5) is 8.25. The maximum absolute atomic E-state index is 14.7. The van der Waals surface area contributed by atoms with Gasteiger partial charge in [-0.05, 0) is 59.7 Å². The van der Waals surface area contributed by atoms with Crippen LogP contribution in [0.2, 0.25) is 0 Å². The summed E-state index contributed by atoms with van der Waals surface area (Å²) in [5, 5.41) is 0. The summed E-state index contributed by atoms with van der Waals surface area (Å²) in [6, 6.07) is 12.7. The van der Waals surface area contributed by atoms with E-state index in [2.05, 4.69) is 9.97 Å². The summed E-state index contributed by atoms with van der Waals surface area (Å²) in [6.45, 7) is 1.96. The Morgan fingerprint density at radius 3 is 1.97 bits per heavy atom. The van der Waals surface area contributed by atoms with Crippen LogP contribution in [-0.2, 0) is 19.3 Å². The first-order chi connectivity index (χ1) is 16.4. The first kappa shape index (κ1) is 23.4. The highest BCUT2D eigenvalue weighted by molar-refractivity contribution is 5.65. The number of aryl methyl sites for hydroxylation is 3. The number of benzene rings is 3. The number of ether oxygens (including phenoxy) is 1. The number of hydrogen-bond acceptors (Lipinski definition) is 3. The molecule has 3 nitrogen and oxygen atoms in total. The Balaban J connectivity index is 1.48. The molecule has 4 aromatic rings. The molecule has 0 aliphatic rings. The van der Waals surface area contributed by atoms with Crippen LogP contribution in [0, 0.1) is 23.3 Å². The predicted octanol–water partition coefficient (Wildman–Crippen LogP) is 6.72. The fraction of sp³-hybridized carbons (Fsp3) is 0.185. The number of nitrogens with zero attached hydrogens (tertiary/aromatic N) is 2. The lowest BCUT2D eigenvalue weighted by Gasteiger charge is -2.10. The molecule has 0 saturated heterocycles. The average molecular weight is 466 g/mol. The molecule has 7 heteroatoms. The van der Waals surface area contributed by atoms with Crippen molar-refractivity contribution < 1.29 is 22.3 Å². The molecule has 0 aliphatic heterocycles. The van der Waals surface area contributed by atoms with Crippen molar-refractivity contribution >= 4 is 0 Å². The number of methoxy groups -OCH3 is 1. The standard InChI is InChI=1S/C27H22F4N2O/c1-3-16-14-32-27(33-15-16)21-11-10-19(23(28)25(21)30)9-6-17-4-7-18(8-5-17)20-12-13-22(34-2)26(31)24(20)29/h4-5,7-8,10-15H,3,6,9H2,1-2H3. The molecule has 0 saturated carbocycles. The Hall–Kier alpha value is -3.74. The van der Waals surface area contributed by atoms with Gasteiger partial charge in [0.2, 0.25) is 5.82 Å². The van der Waals surface area contributed by atoms with Crippen molar-refractivity contribution in [1.29, 1.82) is 0 Å². The third-order valence-corrected chi connectivity index (χ3v) is 5.73. The number of rotatable bonds is 7. The Bertz CT molecular complexity index is 1310. The van der Waals surface area contributed by atoms with Crippen LogP contribution in [0.3, 0.4) is 0 Å². The molecule has 4 rings (SSSR count). The molecule has 174 valence electrons. The van der Waals surface area contributed by atoms with Crippen LogP contribution in [0.4, 0.5) is 17.6 Å². The smallest absolute Gasteiger partial charge is 0.201 e. The summed E-state index contributed by atoms with van der Waals surface area (Å²) in [7, 11) is 1.27. The van der Waals surface area contributed by atoms with Gasteiger partial charge in [-0.25, -0.2) is 23.1 Å². The molecule has 0 N–H and O–H groups in total. The summed E-state index contributed by atoms with van der Waals surface area (Å²) < 4.78 is 62.5. The van der Waals surface area contributed by atoms with Crippen LogP contribution in [-0.4, -0.2) is 17.1 Å². The molecule has 34 heavy (non-hydrogen) atoms. The molecule has 3 aromatic carbocycles. The van der Waals surface area contributed by atoms with Gasteiger partial charge < -0.3 is 4.74 Å². The van der Waals surface area contributed by atoms with Gasteiger partial charge in [-0.3, -0.25) is 0 Å². The number of hydrogen-bond donors (Lipinski definition) is 0. The second kappa shape index (κ2) is 10.0. The van der Waals surface area contributed by atoms with Crippen molar-refractivity contribution in [3.05, 3.63) is 101 Å². The monoisotopic (exact) mass is 466 g/mol. The van der Waals surface area contributed by atoms with Crippen molar-refractivity contribution in [1.82, 2.24) is 9.97 Å². The van der Waals surface area contributed by atoms with Gasteiger partial charge in [-0.1, -0.05) is 37.3 Å². The number of halogens is 4. The maximum atomic E-state index is 14.7. The van der Waals surface area contributed by atoms with Crippen LogP contribution >= 0.6 is 0 Å². The van der Waals surface area contributed by atoms with Crippen LogP contribution in [0.25, 0.3) is 22.5 Å². The molecule has 0 radical (unpaired) electrons. The molecular weight excluding hydrogens is 444 g/mol. The summed E-state index contributed by atoms with van der Waals surface area (Å²) in [5.74, 6) is -3.96. The fourth-order valence-electron chi connectivity index (χ4n) is 3.67. The fourth-order valence-corrected chi connectivity index (χ4v) is 3.67. The van der Waals surface area contributed by atoms with E-state index in [1.807, 2.05) is 6.92 Å². The zero-order chi connectivity index (χ0) is 24.2. The van der Waals surface area contributed by atoms with Gasteiger partial charge in [-0.15, -0.1) is 0 Å². The SMILES string of the molecule is CCc1cnc(-c2ccc(CCc3ccc(-c4ccc(OC)c(F)c4F)cc3)c(F)c2F)nc1. The number of aromatic nitrogens is 2. The van der Waals surface area contributed by atoms with Gasteiger partial charge >= 0.3 is 0 Å². The van der Waals surface area contributed by atoms with Gasteiger partial charge in [0.25, 0.3) is 0 Å². The van der Waals surface area contributed by atoms with Gasteiger partial charge in [0.15, 0.2) is 29.0 Å². The molecule has 0 fully saturated rings. The van der Waals surface area contributed by atoms with E-state index in [0.29, 0.717) is 12.0 Å². The lowest BCUT2D eigenvalue weighted by atomic mass is 9.99. The van der Waals surface area contributed by atoms with E-state index in [-0.39, 0.29) is 34.7 Å². The minimum absolute atomic E-state index is 0.0157. The molecule has 0 bridgehead atoms. The first-order valence-electron chi connectivity index (χ1n) is 10.8. The zero-order valence-corrected chi connectivity index (χ0v) is 18.7. The molecule has 1 heterocycles. The van der Waals surface area contributed by atoms with Gasteiger partial charge in [0.1, 0.15) is 0 Å². The van der Waals surface area contributed by atoms with E-state index in [0.717, 1.165) is 17.5 Å². The highest BCUT2D eigenvalue weighted by Crippen LogP contribution is 2.30. The Labute approximate surface area is 195 Å². The first-order valence-corrected chi connectivity index (χ1v) is 10.8. The second-order valence-electron chi connectivity index (χ2n) is 7.81. The third-order valence-electron chi connectivity index (χ3n) is 5.73. The minimum Gasteiger partial charge on any atom is -0.494 e. The average Bonchev–Trinajstić information content (AvgIpc) is 2.87. The summed E-state index contributed by atoms with van der Waals surface area (Å²) in [6.07, 6.45) is 4.66. The lowest BCUT2D eigenvalue weighted by Crippen LogP contribution is -2.01. The van der Waals surface area contributed by atoms with Gasteiger partial charge in [0.05, 0.1) is 12.7 Å². The topological polar surface area (TPSA) is 35.0 Å². The molecular formula is C27H22F4N2O. The van der Waals surface area contributed by atoms with Gasteiger partial charge in [-0.2, -0.15) is 4.39 Å². The zero-order valence-electron chi connectivity index (χ0n) is 18.7. The summed E-state index contributed by atoms with van der Waals surface area (Å²) in [5.41, 5.74) is 2.62. The molecule has 0 unspecified atom stereocenters. The Kier molecular flexibility index (Phi) is 6.91. The molecule has 0 amide bonds. The van der Waals surface area contributed by atoms with Crippen molar-refractivity contribution in [2.24, 2.45) is 0 Å². The third kappa shape index (κ3) is 4.64. The van der Waals surface area contributed by atoms with E-state index in [1.165, 1.54) is 31.4 Å². The summed E-state index contributed by atoms with van der Waals surface area (Å²) >= 11 is 0. The lowest BCUT2D eigenvalue weighted by molar-refractivity contribution is 0.372. The minimum atomic E-state index is -1.04. The van der Waals surface area contributed by atoms with E-state index < -0.39 is 23.3 Å². The maximum Gasteiger partial charge on any atom is 0.201 e. The molecule has 0 aliphatic carbocycles. The second-order valence-corrected chi connectivity index (χ2v) is 7.81. The van der Waals surface area contributed by atoms with Crippen molar-refractivity contribution in [2.75, 3.05) is 7.11 Å². The highest BCUT2D eigenvalue weighted by atomic mass is 19.2. The highest BCUT2D eigenvalue weighted by Gasteiger charge is 2.17. The van der Waals surface area contributed by atoms with Crippen molar-refractivity contribution in [2.45, 2.75) is 26.2 Å². The normalized spacial score (nSPS) is 11.0. The molecule has 0 atom stereocenters. The van der Waals surface area contributed by atoms with Gasteiger partial charge in [0, 0.05) is 18.0 Å². The van der Waals surface area contributed by atoms with E-state index >= 15 is 0 Å². The van der Waals surface area contributed by atoms with Crippen LogP contribution in [0.5, 0.6) is 5.75 Å². The van der Waals surface area contributed by atoms with E-state index in [4.69, 9.17) is 4.74 Å². The quantitative estimate of drug-likeness (QED) is 0.284. The van der Waals surface area contributed by atoms with E-state index in [1.54, 1.807) is 36.7 Å². The van der Waals surface area contributed by atoms with Crippen LogP contribution < -0.4 is 4.74 Å². The van der Waals surface area contributed by atoms with Crippen LogP contribution in [0.1, 0.15) is 23.6 Å². The predicted molar refractivity (Wildman–Crippen MR) is 123 cm³/mol. The largest absolute Gasteiger partial charge is 0.494 e. The molecule has 1 aromatic heterocycles. The van der Waals surface area contributed by atoms with Crippen molar-refractivity contribution in [3.8, 4) is 28.3 Å². The Morgan fingerprint density at radius 1 is 0.676 bits per heavy atom. The molecule has 0 spiro atoms. The van der Waals surface area contributed by atoms with Crippen molar-refractivity contribution in [3.63, 3.8) is 0 Å². The van der Waals surface area contributed by atoms with Crippen LogP contribution in [0.15, 0.2) is 60.9 Å². The Morgan fingerprint density at radius 2 is 1.32 bits per heavy atom. The van der Waals surface area contributed by atoms with E-state index in [9.17, 15) is 17.6 Å².